The van der Waals surface area contributed by atoms with E-state index in [4.69, 9.17) is 18.9 Å². The molecule has 0 heterocycles. The lowest BCUT2D eigenvalue weighted by Gasteiger charge is -2.07. The van der Waals surface area contributed by atoms with Crippen LogP contribution in [0.1, 0.15) is 65.2 Å². The van der Waals surface area contributed by atoms with Gasteiger partial charge in [0.15, 0.2) is 0 Å². The quantitative estimate of drug-likeness (QED) is 0.244. The second kappa shape index (κ2) is 16.4. The van der Waals surface area contributed by atoms with Gasteiger partial charge < -0.3 is 18.9 Å². The average Bonchev–Trinajstić information content (AvgIpc) is 2.61. The van der Waals surface area contributed by atoms with E-state index in [1.165, 1.54) is 0 Å². The number of rotatable bonds is 15. The largest absolute Gasteiger partial charge is 0.466 e. The Kier molecular flexibility index (Phi) is 15.0. The second-order valence-electron chi connectivity index (χ2n) is 5.59. The first-order valence-electron chi connectivity index (χ1n) is 9.12. The molecule has 0 aliphatic heterocycles. The van der Waals surface area contributed by atoms with Crippen LogP contribution in [-0.4, -0.2) is 50.3 Å². The Morgan fingerprint density at radius 2 is 0.769 bits per heavy atom. The molecule has 0 rings (SSSR count). The first-order chi connectivity index (χ1) is 12.5. The Morgan fingerprint density at radius 1 is 0.500 bits per heavy atom. The van der Waals surface area contributed by atoms with Crippen molar-refractivity contribution < 1.29 is 38.1 Å². The van der Waals surface area contributed by atoms with Crippen LogP contribution < -0.4 is 0 Å². The van der Waals surface area contributed by atoms with E-state index in [9.17, 15) is 19.2 Å². The zero-order valence-corrected chi connectivity index (χ0v) is 15.8. The molecule has 0 radical (unpaired) electrons. The van der Waals surface area contributed by atoms with E-state index in [2.05, 4.69) is 0 Å². The first kappa shape index (κ1) is 23.9. The summed E-state index contributed by atoms with van der Waals surface area (Å²) in [5.74, 6) is -1.56. The second-order valence-corrected chi connectivity index (χ2v) is 5.59. The monoisotopic (exact) mass is 374 g/mol. The SMILES string of the molecule is CCCOC(=O)CCCC(=O)OCCOC(=O)CCCC(=O)OCCC. The lowest BCUT2D eigenvalue weighted by atomic mass is 10.2. The smallest absolute Gasteiger partial charge is 0.305 e. The van der Waals surface area contributed by atoms with Crippen LogP contribution in [0.3, 0.4) is 0 Å². The van der Waals surface area contributed by atoms with Crippen LogP contribution in [0.15, 0.2) is 0 Å². The molecule has 0 unspecified atom stereocenters. The Morgan fingerprint density at radius 3 is 1.04 bits per heavy atom. The summed E-state index contributed by atoms with van der Waals surface area (Å²) in [4.78, 5) is 45.4. The standard InChI is InChI=1S/C18H30O8/c1-3-11-23-15(19)7-5-9-17(21)25-13-14-26-18(22)10-6-8-16(20)24-12-4-2/h3-14H2,1-2H3. The maximum absolute atomic E-state index is 11.5. The van der Waals surface area contributed by atoms with Crippen molar-refractivity contribution in [3.05, 3.63) is 0 Å². The number of carbonyl (C=O) groups excluding carboxylic acids is 4. The zero-order chi connectivity index (χ0) is 19.6. The van der Waals surface area contributed by atoms with Crippen molar-refractivity contribution in [2.45, 2.75) is 65.2 Å². The number of ether oxygens (including phenoxy) is 4. The molecule has 0 amide bonds. The van der Waals surface area contributed by atoms with Crippen molar-refractivity contribution in [1.29, 1.82) is 0 Å². The highest BCUT2D eigenvalue weighted by Crippen LogP contribution is 2.02. The summed E-state index contributed by atoms with van der Waals surface area (Å²) in [6.45, 7) is 4.49. The van der Waals surface area contributed by atoms with Crippen LogP contribution in [0.4, 0.5) is 0 Å². The fourth-order valence-electron chi connectivity index (χ4n) is 1.79. The summed E-state index contributed by atoms with van der Waals surface area (Å²) in [7, 11) is 0. The molecule has 0 aliphatic carbocycles. The van der Waals surface area contributed by atoms with Crippen LogP contribution in [0.25, 0.3) is 0 Å². The third kappa shape index (κ3) is 15.4. The molecule has 0 aliphatic rings. The Hall–Kier alpha value is -2.12. The Balaban J connectivity index is 3.54. The fraction of sp³-hybridized carbons (Fsp3) is 0.778. The van der Waals surface area contributed by atoms with Crippen LogP contribution in [0, 0.1) is 0 Å². The minimum Gasteiger partial charge on any atom is -0.466 e. The van der Waals surface area contributed by atoms with Gasteiger partial charge in [-0.3, -0.25) is 19.2 Å². The van der Waals surface area contributed by atoms with Gasteiger partial charge in [-0.1, -0.05) is 13.8 Å². The van der Waals surface area contributed by atoms with Crippen LogP contribution in [0.5, 0.6) is 0 Å². The van der Waals surface area contributed by atoms with Gasteiger partial charge in [0, 0.05) is 25.7 Å². The summed E-state index contributed by atoms with van der Waals surface area (Å²) in [5, 5.41) is 0. The molecule has 0 fully saturated rings. The molecule has 0 aromatic heterocycles. The average molecular weight is 374 g/mol. The van der Waals surface area contributed by atoms with E-state index >= 15 is 0 Å². The summed E-state index contributed by atoms with van der Waals surface area (Å²) in [6, 6.07) is 0. The lowest BCUT2D eigenvalue weighted by Crippen LogP contribution is -2.14. The predicted octanol–water partition coefficient (Wildman–Crippen LogP) is 2.32. The summed E-state index contributed by atoms with van der Waals surface area (Å²) < 4.78 is 19.6. The third-order valence-corrected chi connectivity index (χ3v) is 3.07. The minimum absolute atomic E-state index is 0.0383. The summed E-state index contributed by atoms with van der Waals surface area (Å²) >= 11 is 0. The highest BCUT2D eigenvalue weighted by Gasteiger charge is 2.09. The van der Waals surface area contributed by atoms with E-state index in [-0.39, 0.29) is 50.8 Å². The molecular formula is C18H30O8. The van der Waals surface area contributed by atoms with Crippen molar-refractivity contribution in [2.75, 3.05) is 26.4 Å². The fourth-order valence-corrected chi connectivity index (χ4v) is 1.79. The summed E-state index contributed by atoms with van der Waals surface area (Å²) in [6.07, 6.45) is 2.79. The van der Waals surface area contributed by atoms with Gasteiger partial charge in [-0.05, 0) is 25.7 Å². The van der Waals surface area contributed by atoms with Crippen LogP contribution in [-0.2, 0) is 38.1 Å². The van der Waals surface area contributed by atoms with Crippen molar-refractivity contribution in [3.63, 3.8) is 0 Å². The lowest BCUT2D eigenvalue weighted by molar-refractivity contribution is -0.153. The van der Waals surface area contributed by atoms with E-state index < -0.39 is 11.9 Å². The molecule has 0 saturated heterocycles. The van der Waals surface area contributed by atoms with Crippen molar-refractivity contribution in [2.24, 2.45) is 0 Å². The Bertz CT molecular complexity index is 393. The van der Waals surface area contributed by atoms with E-state index in [1.54, 1.807) is 0 Å². The molecule has 0 N–H and O–H groups in total. The van der Waals surface area contributed by atoms with Gasteiger partial charge >= 0.3 is 23.9 Å². The van der Waals surface area contributed by atoms with E-state index in [0.717, 1.165) is 12.8 Å². The van der Waals surface area contributed by atoms with Gasteiger partial charge in [0.1, 0.15) is 13.2 Å². The number of carbonyl (C=O) groups is 4. The van der Waals surface area contributed by atoms with E-state index in [1.807, 2.05) is 13.8 Å². The molecule has 8 nitrogen and oxygen atoms in total. The number of esters is 4. The molecule has 0 aromatic carbocycles. The molecule has 150 valence electrons. The zero-order valence-electron chi connectivity index (χ0n) is 15.8. The van der Waals surface area contributed by atoms with Gasteiger partial charge in [-0.25, -0.2) is 0 Å². The highest BCUT2D eigenvalue weighted by molar-refractivity contribution is 5.73. The maximum Gasteiger partial charge on any atom is 0.305 e. The summed E-state index contributed by atoms with van der Waals surface area (Å²) in [5.41, 5.74) is 0. The molecule has 26 heavy (non-hydrogen) atoms. The predicted molar refractivity (Wildman–Crippen MR) is 92.1 cm³/mol. The van der Waals surface area contributed by atoms with Crippen molar-refractivity contribution in [1.82, 2.24) is 0 Å². The number of hydrogen-bond acceptors (Lipinski definition) is 8. The molecular weight excluding hydrogens is 344 g/mol. The third-order valence-electron chi connectivity index (χ3n) is 3.07. The van der Waals surface area contributed by atoms with Crippen LogP contribution >= 0.6 is 0 Å². The first-order valence-corrected chi connectivity index (χ1v) is 9.12. The van der Waals surface area contributed by atoms with Gasteiger partial charge in [-0.15, -0.1) is 0 Å². The normalized spacial score (nSPS) is 10.1. The molecule has 0 aromatic rings. The van der Waals surface area contributed by atoms with Crippen LogP contribution in [0.2, 0.25) is 0 Å². The molecule has 0 bridgehead atoms. The minimum atomic E-state index is -0.456. The molecule has 0 atom stereocenters. The topological polar surface area (TPSA) is 105 Å². The highest BCUT2D eigenvalue weighted by atomic mass is 16.6. The maximum atomic E-state index is 11.5. The van der Waals surface area contributed by atoms with Gasteiger partial charge in [0.25, 0.3) is 0 Å². The molecule has 0 saturated carbocycles. The van der Waals surface area contributed by atoms with Crippen molar-refractivity contribution in [3.8, 4) is 0 Å². The van der Waals surface area contributed by atoms with E-state index in [0.29, 0.717) is 26.1 Å². The van der Waals surface area contributed by atoms with Gasteiger partial charge in [0.05, 0.1) is 13.2 Å². The van der Waals surface area contributed by atoms with Crippen molar-refractivity contribution >= 4 is 23.9 Å². The molecule has 0 spiro atoms. The van der Waals surface area contributed by atoms with Gasteiger partial charge in [-0.2, -0.15) is 0 Å². The number of hydrogen-bond donors (Lipinski definition) is 0. The molecule has 8 heteroatoms. The Labute approximate surface area is 154 Å². The van der Waals surface area contributed by atoms with Gasteiger partial charge in [0.2, 0.25) is 0 Å².